The van der Waals surface area contributed by atoms with Crippen LogP contribution in [0, 0.1) is 5.92 Å². The van der Waals surface area contributed by atoms with E-state index in [1.807, 2.05) is 18.0 Å². The van der Waals surface area contributed by atoms with E-state index in [4.69, 9.17) is 0 Å². The number of rotatable bonds is 2. The smallest absolute Gasteiger partial charge is 0.321 e. The average molecular weight is 224 g/mol. The van der Waals surface area contributed by atoms with Crippen molar-refractivity contribution >= 4 is 6.03 Å². The zero-order chi connectivity index (χ0) is 12.0. The van der Waals surface area contributed by atoms with Gasteiger partial charge >= 0.3 is 6.03 Å². The molecule has 0 atom stereocenters. The van der Waals surface area contributed by atoms with E-state index in [1.54, 1.807) is 0 Å². The number of allylic oxidation sites excluding steroid dienone is 1. The minimum absolute atomic E-state index is 0.0573. The molecule has 0 aromatic carbocycles. The van der Waals surface area contributed by atoms with Crippen LogP contribution in [0.15, 0.2) is 11.8 Å². The fourth-order valence-electron chi connectivity index (χ4n) is 1.71. The van der Waals surface area contributed by atoms with Crippen molar-refractivity contribution in [2.45, 2.75) is 46.5 Å². The van der Waals surface area contributed by atoms with E-state index in [9.17, 15) is 4.79 Å². The predicted octanol–water partition coefficient (Wildman–Crippen LogP) is 3.13. The van der Waals surface area contributed by atoms with Crippen molar-refractivity contribution in [1.29, 1.82) is 0 Å². The lowest BCUT2D eigenvalue weighted by Crippen LogP contribution is -2.38. The molecule has 1 rings (SSSR count). The summed E-state index contributed by atoms with van der Waals surface area (Å²) in [5.41, 5.74) is 1.21. The van der Waals surface area contributed by atoms with Gasteiger partial charge in [-0.25, -0.2) is 4.79 Å². The molecule has 0 aliphatic carbocycles. The van der Waals surface area contributed by atoms with Crippen LogP contribution >= 0.6 is 0 Å². The van der Waals surface area contributed by atoms with E-state index < -0.39 is 0 Å². The molecule has 3 nitrogen and oxygen atoms in total. The van der Waals surface area contributed by atoms with E-state index in [-0.39, 0.29) is 6.03 Å². The highest BCUT2D eigenvalue weighted by atomic mass is 16.2. The number of hydrogen-bond donors (Lipinski definition) is 1. The SMILES string of the molecule is C/C(=C\NC(=O)N1CCCCCC1)C(C)C. The minimum Gasteiger partial charge on any atom is -0.325 e. The highest BCUT2D eigenvalue weighted by molar-refractivity contribution is 5.75. The van der Waals surface area contributed by atoms with E-state index in [2.05, 4.69) is 19.2 Å². The van der Waals surface area contributed by atoms with Gasteiger partial charge in [0.25, 0.3) is 0 Å². The van der Waals surface area contributed by atoms with Crippen LogP contribution in [0.4, 0.5) is 4.79 Å². The Morgan fingerprint density at radius 3 is 2.25 bits per heavy atom. The maximum Gasteiger partial charge on any atom is 0.321 e. The number of hydrogen-bond acceptors (Lipinski definition) is 1. The topological polar surface area (TPSA) is 32.3 Å². The van der Waals surface area contributed by atoms with Crippen LogP contribution in [-0.4, -0.2) is 24.0 Å². The zero-order valence-electron chi connectivity index (χ0n) is 10.8. The molecule has 92 valence electrons. The summed E-state index contributed by atoms with van der Waals surface area (Å²) in [6.45, 7) is 8.11. The molecule has 2 amide bonds. The standard InChI is InChI=1S/C13H24N2O/c1-11(2)12(3)10-14-13(16)15-8-6-4-5-7-9-15/h10-11H,4-9H2,1-3H3,(H,14,16)/b12-10+. The monoisotopic (exact) mass is 224 g/mol. The molecular formula is C13H24N2O. The molecule has 0 unspecified atom stereocenters. The quantitative estimate of drug-likeness (QED) is 0.768. The van der Waals surface area contributed by atoms with Gasteiger partial charge in [0.05, 0.1) is 0 Å². The minimum atomic E-state index is 0.0573. The molecule has 1 fully saturated rings. The van der Waals surface area contributed by atoms with Crippen LogP contribution in [-0.2, 0) is 0 Å². The van der Waals surface area contributed by atoms with Gasteiger partial charge in [0.15, 0.2) is 0 Å². The lowest BCUT2D eigenvalue weighted by atomic mass is 10.1. The van der Waals surface area contributed by atoms with Crippen LogP contribution in [0.25, 0.3) is 0 Å². The van der Waals surface area contributed by atoms with Crippen molar-refractivity contribution in [3.05, 3.63) is 11.8 Å². The lowest BCUT2D eigenvalue weighted by Gasteiger charge is -2.20. The maximum atomic E-state index is 11.8. The fraction of sp³-hybridized carbons (Fsp3) is 0.769. The third-order valence-corrected chi connectivity index (χ3v) is 3.23. The molecule has 1 aliphatic heterocycles. The maximum absolute atomic E-state index is 11.8. The first-order valence-corrected chi connectivity index (χ1v) is 6.33. The Bertz CT molecular complexity index is 251. The van der Waals surface area contributed by atoms with Crippen molar-refractivity contribution < 1.29 is 4.79 Å². The van der Waals surface area contributed by atoms with Crippen molar-refractivity contribution in [3.63, 3.8) is 0 Å². The van der Waals surface area contributed by atoms with Crippen LogP contribution in [0.1, 0.15) is 46.5 Å². The Kier molecular flexibility index (Phi) is 5.36. The van der Waals surface area contributed by atoms with Gasteiger partial charge in [-0.3, -0.25) is 0 Å². The van der Waals surface area contributed by atoms with Crippen LogP contribution in [0.3, 0.4) is 0 Å². The molecule has 16 heavy (non-hydrogen) atoms. The van der Waals surface area contributed by atoms with Gasteiger partial charge in [0, 0.05) is 19.3 Å². The van der Waals surface area contributed by atoms with Crippen molar-refractivity contribution in [2.24, 2.45) is 5.92 Å². The van der Waals surface area contributed by atoms with E-state index >= 15 is 0 Å². The van der Waals surface area contributed by atoms with Gasteiger partial charge in [-0.05, 0) is 25.7 Å². The number of nitrogens with one attached hydrogen (secondary N) is 1. The van der Waals surface area contributed by atoms with Gasteiger partial charge in [-0.2, -0.15) is 0 Å². The number of amides is 2. The number of carbonyl (C=O) groups excluding carboxylic acids is 1. The molecule has 1 aliphatic rings. The van der Waals surface area contributed by atoms with E-state index in [0.717, 1.165) is 25.9 Å². The summed E-state index contributed by atoms with van der Waals surface area (Å²) in [6, 6.07) is 0.0573. The first-order chi connectivity index (χ1) is 7.61. The van der Waals surface area contributed by atoms with Crippen LogP contribution < -0.4 is 5.32 Å². The Hall–Kier alpha value is -0.990. The molecule has 3 heteroatoms. The third kappa shape index (κ3) is 4.25. The van der Waals surface area contributed by atoms with Gasteiger partial charge in [-0.15, -0.1) is 0 Å². The normalized spacial score (nSPS) is 18.5. The lowest BCUT2D eigenvalue weighted by molar-refractivity contribution is 0.203. The first-order valence-electron chi connectivity index (χ1n) is 6.33. The number of nitrogens with zero attached hydrogens (tertiary/aromatic N) is 1. The second kappa shape index (κ2) is 6.56. The summed E-state index contributed by atoms with van der Waals surface area (Å²) >= 11 is 0. The van der Waals surface area contributed by atoms with Crippen molar-refractivity contribution in [2.75, 3.05) is 13.1 Å². The van der Waals surface area contributed by atoms with Gasteiger partial charge in [0.2, 0.25) is 0 Å². The first kappa shape index (κ1) is 13.1. The summed E-state index contributed by atoms with van der Waals surface area (Å²) < 4.78 is 0. The largest absolute Gasteiger partial charge is 0.325 e. The zero-order valence-corrected chi connectivity index (χ0v) is 10.8. The molecule has 0 aromatic heterocycles. The Morgan fingerprint density at radius 1 is 1.19 bits per heavy atom. The highest BCUT2D eigenvalue weighted by Gasteiger charge is 2.14. The molecular weight excluding hydrogens is 200 g/mol. The summed E-state index contributed by atoms with van der Waals surface area (Å²) in [7, 11) is 0. The van der Waals surface area contributed by atoms with Gasteiger partial charge < -0.3 is 10.2 Å². The molecule has 0 aromatic rings. The predicted molar refractivity (Wildman–Crippen MR) is 67.2 cm³/mol. The molecule has 0 bridgehead atoms. The van der Waals surface area contributed by atoms with Crippen LogP contribution in [0.2, 0.25) is 0 Å². The summed E-state index contributed by atoms with van der Waals surface area (Å²) in [6.07, 6.45) is 6.63. The molecule has 0 saturated carbocycles. The summed E-state index contributed by atoms with van der Waals surface area (Å²) in [5, 5.41) is 2.89. The Morgan fingerprint density at radius 2 is 1.75 bits per heavy atom. The van der Waals surface area contributed by atoms with E-state index in [1.165, 1.54) is 18.4 Å². The van der Waals surface area contributed by atoms with Crippen molar-refractivity contribution in [3.8, 4) is 0 Å². The molecule has 0 spiro atoms. The molecule has 1 heterocycles. The molecule has 1 saturated heterocycles. The van der Waals surface area contributed by atoms with Gasteiger partial charge in [0.1, 0.15) is 0 Å². The molecule has 0 radical (unpaired) electrons. The number of likely N-dealkylation sites (tertiary alicyclic amines) is 1. The molecule has 1 N–H and O–H groups in total. The summed E-state index contributed by atoms with van der Waals surface area (Å²) in [4.78, 5) is 13.8. The Balaban J connectivity index is 2.41. The number of carbonyl (C=O) groups is 1. The second-order valence-electron chi connectivity index (χ2n) is 4.89. The highest BCUT2D eigenvalue weighted by Crippen LogP contribution is 2.10. The Labute approximate surface area is 98.9 Å². The average Bonchev–Trinajstić information content (AvgIpc) is 2.53. The fourth-order valence-corrected chi connectivity index (χ4v) is 1.71. The van der Waals surface area contributed by atoms with Gasteiger partial charge in [-0.1, -0.05) is 32.3 Å². The summed E-state index contributed by atoms with van der Waals surface area (Å²) in [5.74, 6) is 0.490. The van der Waals surface area contributed by atoms with E-state index in [0.29, 0.717) is 5.92 Å². The number of urea groups is 1. The van der Waals surface area contributed by atoms with Crippen molar-refractivity contribution in [1.82, 2.24) is 10.2 Å². The van der Waals surface area contributed by atoms with Crippen LogP contribution in [0.5, 0.6) is 0 Å². The second-order valence-corrected chi connectivity index (χ2v) is 4.89. The third-order valence-electron chi connectivity index (χ3n) is 3.23.